The van der Waals surface area contributed by atoms with Crippen molar-refractivity contribution in [3.63, 3.8) is 0 Å². The van der Waals surface area contributed by atoms with Crippen molar-refractivity contribution in [2.45, 2.75) is 38.7 Å². The van der Waals surface area contributed by atoms with Crippen LogP contribution in [-0.4, -0.2) is 48.2 Å². The van der Waals surface area contributed by atoms with E-state index < -0.39 is 0 Å². The van der Waals surface area contributed by atoms with E-state index in [2.05, 4.69) is 17.0 Å². The lowest BCUT2D eigenvalue weighted by Crippen LogP contribution is -2.44. The SMILES string of the molecule is CC1CN(CC2CCCCO2)CCC1=NO. The molecule has 2 aliphatic rings. The van der Waals surface area contributed by atoms with Gasteiger partial charge in [-0.05, 0) is 19.3 Å². The first-order chi connectivity index (χ1) is 7.79. The number of hydrogen-bond donors (Lipinski definition) is 1. The third-order valence-corrected chi connectivity index (χ3v) is 3.65. The molecule has 0 bridgehead atoms. The van der Waals surface area contributed by atoms with Gasteiger partial charge in [0.1, 0.15) is 0 Å². The van der Waals surface area contributed by atoms with Gasteiger partial charge in [0, 0.05) is 38.6 Å². The molecule has 2 saturated heterocycles. The van der Waals surface area contributed by atoms with Crippen LogP contribution in [0.15, 0.2) is 5.16 Å². The highest BCUT2D eigenvalue weighted by Crippen LogP contribution is 2.18. The first-order valence-electron chi connectivity index (χ1n) is 6.34. The molecule has 2 heterocycles. The van der Waals surface area contributed by atoms with Crippen molar-refractivity contribution >= 4 is 5.71 Å². The van der Waals surface area contributed by atoms with Gasteiger partial charge in [0.05, 0.1) is 11.8 Å². The molecule has 0 saturated carbocycles. The summed E-state index contributed by atoms with van der Waals surface area (Å²) >= 11 is 0. The lowest BCUT2D eigenvalue weighted by atomic mass is 9.97. The average Bonchev–Trinajstić information content (AvgIpc) is 2.31. The van der Waals surface area contributed by atoms with Crippen molar-refractivity contribution in [3.05, 3.63) is 0 Å². The van der Waals surface area contributed by atoms with Crippen LogP contribution in [0, 0.1) is 5.92 Å². The molecule has 4 heteroatoms. The van der Waals surface area contributed by atoms with Crippen LogP contribution in [0.5, 0.6) is 0 Å². The molecule has 2 aliphatic heterocycles. The minimum absolute atomic E-state index is 0.377. The summed E-state index contributed by atoms with van der Waals surface area (Å²) in [7, 11) is 0. The Morgan fingerprint density at radius 2 is 2.38 bits per heavy atom. The number of hydrogen-bond acceptors (Lipinski definition) is 4. The highest BCUT2D eigenvalue weighted by Gasteiger charge is 2.25. The average molecular weight is 226 g/mol. The second kappa shape index (κ2) is 5.64. The fraction of sp³-hybridized carbons (Fsp3) is 0.917. The van der Waals surface area contributed by atoms with Gasteiger partial charge in [-0.2, -0.15) is 0 Å². The van der Waals surface area contributed by atoms with Crippen molar-refractivity contribution in [3.8, 4) is 0 Å². The maximum absolute atomic E-state index is 8.81. The summed E-state index contributed by atoms with van der Waals surface area (Å²) in [5, 5.41) is 12.2. The normalized spacial score (nSPS) is 35.4. The predicted molar refractivity (Wildman–Crippen MR) is 63.0 cm³/mol. The predicted octanol–water partition coefficient (Wildman–Crippen LogP) is 1.73. The van der Waals surface area contributed by atoms with Crippen LogP contribution in [-0.2, 0) is 4.74 Å². The van der Waals surface area contributed by atoms with E-state index in [0.29, 0.717) is 12.0 Å². The lowest BCUT2D eigenvalue weighted by Gasteiger charge is -2.35. The van der Waals surface area contributed by atoms with Crippen molar-refractivity contribution in [2.24, 2.45) is 11.1 Å². The van der Waals surface area contributed by atoms with Crippen LogP contribution in [0.1, 0.15) is 32.6 Å². The maximum atomic E-state index is 8.81. The molecule has 2 atom stereocenters. The Bertz CT molecular complexity index is 249. The summed E-state index contributed by atoms with van der Waals surface area (Å²) in [6.07, 6.45) is 5.04. The summed E-state index contributed by atoms with van der Waals surface area (Å²) in [6, 6.07) is 0. The Labute approximate surface area is 97.3 Å². The van der Waals surface area contributed by atoms with Crippen LogP contribution in [0.3, 0.4) is 0 Å². The summed E-state index contributed by atoms with van der Waals surface area (Å²) in [5.74, 6) is 0.377. The molecule has 0 spiro atoms. The summed E-state index contributed by atoms with van der Waals surface area (Å²) in [6.45, 7) is 6.10. The van der Waals surface area contributed by atoms with E-state index in [0.717, 1.165) is 38.4 Å². The molecule has 0 aromatic carbocycles. The van der Waals surface area contributed by atoms with Crippen LogP contribution in [0.4, 0.5) is 0 Å². The van der Waals surface area contributed by atoms with Gasteiger partial charge in [-0.25, -0.2) is 0 Å². The third-order valence-electron chi connectivity index (χ3n) is 3.65. The summed E-state index contributed by atoms with van der Waals surface area (Å²) in [4.78, 5) is 2.44. The van der Waals surface area contributed by atoms with Crippen LogP contribution in [0.2, 0.25) is 0 Å². The molecule has 2 unspecified atom stereocenters. The van der Waals surface area contributed by atoms with E-state index in [1.54, 1.807) is 0 Å². The molecular weight excluding hydrogens is 204 g/mol. The minimum Gasteiger partial charge on any atom is -0.411 e. The molecule has 92 valence electrons. The number of nitrogens with zero attached hydrogens (tertiary/aromatic N) is 2. The highest BCUT2D eigenvalue weighted by molar-refractivity contribution is 5.86. The van der Waals surface area contributed by atoms with Crippen LogP contribution >= 0.6 is 0 Å². The van der Waals surface area contributed by atoms with E-state index in [1.165, 1.54) is 19.3 Å². The Morgan fingerprint density at radius 1 is 1.50 bits per heavy atom. The fourth-order valence-electron chi connectivity index (χ4n) is 2.66. The van der Waals surface area contributed by atoms with Crippen LogP contribution < -0.4 is 0 Å². The number of ether oxygens (including phenoxy) is 1. The van der Waals surface area contributed by atoms with Gasteiger partial charge in [0.25, 0.3) is 0 Å². The van der Waals surface area contributed by atoms with Gasteiger partial charge in [0.2, 0.25) is 0 Å². The Kier molecular flexibility index (Phi) is 4.18. The van der Waals surface area contributed by atoms with E-state index >= 15 is 0 Å². The van der Waals surface area contributed by atoms with Crippen LogP contribution in [0.25, 0.3) is 0 Å². The number of rotatable bonds is 2. The molecule has 0 aromatic heterocycles. The Hall–Kier alpha value is -0.610. The molecule has 2 fully saturated rings. The van der Waals surface area contributed by atoms with Gasteiger partial charge >= 0.3 is 0 Å². The molecule has 0 amide bonds. The van der Waals surface area contributed by atoms with Gasteiger partial charge in [0.15, 0.2) is 0 Å². The number of piperidine rings is 1. The van der Waals surface area contributed by atoms with Gasteiger partial charge < -0.3 is 9.94 Å². The fourth-order valence-corrected chi connectivity index (χ4v) is 2.66. The molecule has 0 radical (unpaired) electrons. The number of likely N-dealkylation sites (tertiary alicyclic amines) is 1. The van der Waals surface area contributed by atoms with E-state index in [4.69, 9.17) is 9.94 Å². The summed E-state index contributed by atoms with van der Waals surface area (Å²) < 4.78 is 5.75. The van der Waals surface area contributed by atoms with Gasteiger partial charge in [-0.3, -0.25) is 4.90 Å². The van der Waals surface area contributed by atoms with Crippen molar-refractivity contribution in [1.82, 2.24) is 4.90 Å². The molecule has 4 nitrogen and oxygen atoms in total. The Morgan fingerprint density at radius 3 is 3.00 bits per heavy atom. The van der Waals surface area contributed by atoms with E-state index in [9.17, 15) is 0 Å². The van der Waals surface area contributed by atoms with Gasteiger partial charge in [-0.15, -0.1) is 0 Å². The number of oxime groups is 1. The first-order valence-corrected chi connectivity index (χ1v) is 6.34. The molecule has 0 aromatic rings. The van der Waals surface area contributed by atoms with E-state index in [-0.39, 0.29) is 0 Å². The minimum atomic E-state index is 0.377. The molecule has 1 N–H and O–H groups in total. The van der Waals surface area contributed by atoms with Gasteiger partial charge in [-0.1, -0.05) is 12.1 Å². The zero-order valence-corrected chi connectivity index (χ0v) is 10.1. The third kappa shape index (κ3) is 2.95. The smallest absolute Gasteiger partial charge is 0.0702 e. The molecule has 0 aliphatic carbocycles. The van der Waals surface area contributed by atoms with Crippen molar-refractivity contribution < 1.29 is 9.94 Å². The highest BCUT2D eigenvalue weighted by atomic mass is 16.5. The van der Waals surface area contributed by atoms with Crippen molar-refractivity contribution in [1.29, 1.82) is 0 Å². The second-order valence-electron chi connectivity index (χ2n) is 4.99. The first kappa shape index (κ1) is 11.9. The maximum Gasteiger partial charge on any atom is 0.0702 e. The topological polar surface area (TPSA) is 45.1 Å². The summed E-state index contributed by atoms with van der Waals surface area (Å²) in [5.41, 5.74) is 0.945. The standard InChI is InChI=1S/C12H22N2O2/c1-10-8-14(6-5-12(10)13-15)9-11-4-2-3-7-16-11/h10-11,15H,2-9H2,1H3. The molecule has 2 rings (SSSR count). The molecular formula is C12H22N2O2. The zero-order chi connectivity index (χ0) is 11.4. The zero-order valence-electron chi connectivity index (χ0n) is 10.1. The largest absolute Gasteiger partial charge is 0.411 e. The van der Waals surface area contributed by atoms with Crippen molar-refractivity contribution in [2.75, 3.05) is 26.2 Å². The monoisotopic (exact) mass is 226 g/mol. The van der Waals surface area contributed by atoms with E-state index in [1.807, 2.05) is 0 Å². The lowest BCUT2D eigenvalue weighted by molar-refractivity contribution is -0.00764. The molecule has 16 heavy (non-hydrogen) atoms. The quantitative estimate of drug-likeness (QED) is 0.576. The Balaban J connectivity index is 1.78. The second-order valence-corrected chi connectivity index (χ2v) is 4.99.